The van der Waals surface area contributed by atoms with E-state index in [2.05, 4.69) is 27.9 Å². The molecule has 1 fully saturated rings. The van der Waals surface area contributed by atoms with E-state index in [0.29, 0.717) is 22.8 Å². The Hall–Kier alpha value is -3.62. The first kappa shape index (κ1) is 22.6. The molecule has 0 spiro atoms. The van der Waals surface area contributed by atoms with Crippen LogP contribution in [-0.4, -0.2) is 24.4 Å². The van der Waals surface area contributed by atoms with Gasteiger partial charge in [0.25, 0.3) is 11.8 Å². The lowest BCUT2D eigenvalue weighted by atomic mass is 10.1. The average molecular weight is 528 g/mol. The van der Waals surface area contributed by atoms with Gasteiger partial charge in [0.15, 0.2) is 0 Å². The summed E-state index contributed by atoms with van der Waals surface area (Å²) in [5.74, 6) is -0.917. The Morgan fingerprint density at radius 2 is 2.00 bits per heavy atom. The average Bonchev–Trinajstić information content (AvgIpc) is 3.38. The number of carbonyl (C=O) groups is 3. The number of ether oxygens (including phenoxy) is 1. The molecule has 0 unspecified atom stereocenters. The number of amides is 2. The number of rotatable bonds is 6. The lowest BCUT2D eigenvalue weighted by Crippen LogP contribution is -2.35. The molecule has 0 radical (unpaired) electrons. The van der Waals surface area contributed by atoms with E-state index in [9.17, 15) is 14.4 Å². The van der Waals surface area contributed by atoms with Crippen molar-refractivity contribution in [2.75, 3.05) is 11.6 Å². The lowest BCUT2D eigenvalue weighted by Gasteiger charge is -2.14. The standard InChI is InChI=1S/C24H16BrClN2O5/c1-2-10-32-24(31)18-11-14(6-8-20(18)26)21-9-7-17(33-21)13-19-22(29)27-28(23(19)30)16-5-3-4-15(25)12-16/h2-9,11-13H,1,10H2,(H,27,29). The summed E-state index contributed by atoms with van der Waals surface area (Å²) in [6, 6.07) is 15.1. The first-order chi connectivity index (χ1) is 15.9. The van der Waals surface area contributed by atoms with E-state index >= 15 is 0 Å². The highest BCUT2D eigenvalue weighted by Crippen LogP contribution is 2.29. The number of nitrogens with one attached hydrogen (secondary N) is 1. The second-order valence-corrected chi connectivity index (χ2v) is 8.23. The zero-order valence-electron chi connectivity index (χ0n) is 17.0. The molecule has 0 saturated carbocycles. The maximum atomic E-state index is 12.8. The van der Waals surface area contributed by atoms with Crippen LogP contribution in [0.15, 0.2) is 81.7 Å². The van der Waals surface area contributed by atoms with Crippen molar-refractivity contribution in [2.45, 2.75) is 0 Å². The molecule has 0 aliphatic carbocycles. The Balaban J connectivity index is 1.59. The van der Waals surface area contributed by atoms with E-state index in [4.69, 9.17) is 20.8 Å². The first-order valence-electron chi connectivity index (χ1n) is 9.68. The molecule has 7 nitrogen and oxygen atoms in total. The van der Waals surface area contributed by atoms with E-state index in [1.165, 1.54) is 17.2 Å². The largest absolute Gasteiger partial charge is 0.458 e. The van der Waals surface area contributed by atoms with Crippen LogP contribution < -0.4 is 10.4 Å². The van der Waals surface area contributed by atoms with E-state index in [1.807, 2.05) is 6.07 Å². The molecule has 1 saturated heterocycles. The number of hydrogen-bond acceptors (Lipinski definition) is 5. The molecule has 2 heterocycles. The van der Waals surface area contributed by atoms with E-state index in [0.717, 1.165) is 4.47 Å². The third-order valence-electron chi connectivity index (χ3n) is 4.67. The van der Waals surface area contributed by atoms with Gasteiger partial charge in [-0.25, -0.2) is 9.80 Å². The Morgan fingerprint density at radius 1 is 1.18 bits per heavy atom. The van der Waals surface area contributed by atoms with Gasteiger partial charge in [-0.15, -0.1) is 0 Å². The second-order valence-electron chi connectivity index (χ2n) is 6.90. The van der Waals surface area contributed by atoms with E-state index in [-0.39, 0.29) is 22.8 Å². The zero-order valence-corrected chi connectivity index (χ0v) is 19.4. The van der Waals surface area contributed by atoms with Crippen LogP contribution in [-0.2, 0) is 14.3 Å². The Labute approximate surface area is 202 Å². The van der Waals surface area contributed by atoms with Gasteiger partial charge in [0.2, 0.25) is 0 Å². The number of anilines is 1. The summed E-state index contributed by atoms with van der Waals surface area (Å²) in [5, 5.41) is 1.41. The van der Waals surface area contributed by atoms with Crippen molar-refractivity contribution in [3.05, 3.63) is 93.6 Å². The summed E-state index contributed by atoms with van der Waals surface area (Å²) in [6.45, 7) is 3.57. The van der Waals surface area contributed by atoms with Gasteiger partial charge in [-0.1, -0.05) is 46.3 Å². The fraction of sp³-hybridized carbons (Fsp3) is 0.0417. The minimum absolute atomic E-state index is 0.0604. The highest BCUT2D eigenvalue weighted by molar-refractivity contribution is 9.10. The van der Waals surface area contributed by atoms with Crippen LogP contribution in [0.2, 0.25) is 5.02 Å². The fourth-order valence-electron chi connectivity index (χ4n) is 3.13. The molecule has 1 aliphatic rings. The number of esters is 1. The summed E-state index contributed by atoms with van der Waals surface area (Å²) in [4.78, 5) is 37.4. The van der Waals surface area contributed by atoms with Gasteiger partial charge in [-0.3, -0.25) is 15.0 Å². The number of furan rings is 1. The third kappa shape index (κ3) is 4.76. The van der Waals surface area contributed by atoms with Gasteiger partial charge >= 0.3 is 5.97 Å². The number of hydrogen-bond donors (Lipinski definition) is 1. The number of hydrazine groups is 1. The Morgan fingerprint density at radius 3 is 2.76 bits per heavy atom. The Kier molecular flexibility index (Phi) is 6.48. The van der Waals surface area contributed by atoms with Crippen molar-refractivity contribution in [3.63, 3.8) is 0 Å². The molecule has 2 aromatic carbocycles. The monoisotopic (exact) mass is 526 g/mol. The van der Waals surface area contributed by atoms with E-state index < -0.39 is 17.8 Å². The number of benzene rings is 2. The molecule has 9 heteroatoms. The third-order valence-corrected chi connectivity index (χ3v) is 5.50. The molecule has 166 valence electrons. The van der Waals surface area contributed by atoms with Crippen molar-refractivity contribution in [3.8, 4) is 11.3 Å². The zero-order chi connectivity index (χ0) is 23.5. The lowest BCUT2D eigenvalue weighted by molar-refractivity contribution is -0.117. The quantitative estimate of drug-likeness (QED) is 0.207. The smallest absolute Gasteiger partial charge is 0.339 e. The molecule has 3 aromatic rings. The summed E-state index contributed by atoms with van der Waals surface area (Å²) in [6.07, 6.45) is 2.83. The fourth-order valence-corrected chi connectivity index (χ4v) is 3.71. The summed E-state index contributed by atoms with van der Waals surface area (Å²) in [5.41, 5.74) is 3.75. The molecule has 4 rings (SSSR count). The van der Waals surface area contributed by atoms with Gasteiger partial charge in [0.05, 0.1) is 16.3 Å². The Bertz CT molecular complexity index is 1310. The predicted octanol–water partition coefficient (Wildman–Crippen LogP) is 5.17. The van der Waals surface area contributed by atoms with Crippen LogP contribution in [0.5, 0.6) is 0 Å². The molecule has 1 aromatic heterocycles. The van der Waals surface area contributed by atoms with Gasteiger partial charge in [0, 0.05) is 10.0 Å². The second kappa shape index (κ2) is 9.48. The van der Waals surface area contributed by atoms with Crippen molar-refractivity contribution < 1.29 is 23.5 Å². The van der Waals surface area contributed by atoms with Crippen LogP contribution in [0.3, 0.4) is 0 Å². The van der Waals surface area contributed by atoms with Crippen LogP contribution >= 0.6 is 27.5 Å². The van der Waals surface area contributed by atoms with Gasteiger partial charge < -0.3 is 9.15 Å². The van der Waals surface area contributed by atoms with Gasteiger partial charge in [0.1, 0.15) is 23.7 Å². The number of halogens is 2. The molecular formula is C24H16BrClN2O5. The topological polar surface area (TPSA) is 88.9 Å². The van der Waals surface area contributed by atoms with Crippen LogP contribution in [0, 0.1) is 0 Å². The van der Waals surface area contributed by atoms with Crippen molar-refractivity contribution in [2.24, 2.45) is 0 Å². The molecule has 0 atom stereocenters. The van der Waals surface area contributed by atoms with E-state index in [1.54, 1.807) is 48.5 Å². The number of carbonyl (C=O) groups excluding carboxylic acids is 3. The SMILES string of the molecule is C=CCOC(=O)c1cc(-c2ccc(C=C3C(=O)NN(c4cccc(Br)c4)C3=O)o2)ccc1Cl. The molecule has 0 bridgehead atoms. The molecular weight excluding hydrogens is 512 g/mol. The van der Waals surface area contributed by atoms with Gasteiger partial charge in [-0.05, 0) is 54.6 Å². The van der Waals surface area contributed by atoms with Crippen molar-refractivity contribution in [1.29, 1.82) is 0 Å². The maximum Gasteiger partial charge on any atom is 0.339 e. The predicted molar refractivity (Wildman–Crippen MR) is 127 cm³/mol. The maximum absolute atomic E-state index is 12.8. The van der Waals surface area contributed by atoms with Crippen molar-refractivity contribution in [1.82, 2.24) is 5.43 Å². The molecule has 33 heavy (non-hydrogen) atoms. The summed E-state index contributed by atoms with van der Waals surface area (Å²) in [7, 11) is 0. The summed E-state index contributed by atoms with van der Waals surface area (Å²) >= 11 is 9.47. The molecule has 1 N–H and O–H groups in total. The molecule has 2 amide bonds. The first-order valence-corrected chi connectivity index (χ1v) is 10.8. The molecule has 1 aliphatic heterocycles. The van der Waals surface area contributed by atoms with Gasteiger partial charge in [-0.2, -0.15) is 0 Å². The summed E-state index contributed by atoms with van der Waals surface area (Å²) < 4.78 is 11.6. The highest BCUT2D eigenvalue weighted by atomic mass is 79.9. The number of nitrogens with zero attached hydrogens (tertiary/aromatic N) is 1. The highest BCUT2D eigenvalue weighted by Gasteiger charge is 2.34. The minimum Gasteiger partial charge on any atom is -0.458 e. The van der Waals surface area contributed by atoms with Crippen LogP contribution in [0.25, 0.3) is 17.4 Å². The minimum atomic E-state index is -0.587. The van der Waals surface area contributed by atoms with Crippen molar-refractivity contribution >= 4 is 57.1 Å². The van der Waals surface area contributed by atoms with Crippen LogP contribution in [0.4, 0.5) is 5.69 Å². The normalized spacial score (nSPS) is 14.5. The van der Waals surface area contributed by atoms with Crippen LogP contribution in [0.1, 0.15) is 16.1 Å².